The number of ether oxygens (including phenoxy) is 1. The molecule has 0 aliphatic heterocycles. The molecular weight excluding hydrogens is 324 g/mol. The first-order valence-electron chi connectivity index (χ1n) is 6.35. The molecule has 19 heavy (non-hydrogen) atoms. The maximum atomic E-state index is 5.70. The Bertz CT molecular complexity index is 537. The predicted octanol–water partition coefficient (Wildman–Crippen LogP) is 3.74. The monoisotopic (exact) mass is 338 g/mol. The van der Waals surface area contributed by atoms with Gasteiger partial charge in [0.25, 0.3) is 0 Å². The summed E-state index contributed by atoms with van der Waals surface area (Å²) in [4.78, 5) is 5.60. The number of nitrogens with zero attached hydrogens (tertiary/aromatic N) is 1. The third-order valence-electron chi connectivity index (χ3n) is 2.96. The maximum Gasteiger partial charge on any atom is 0.138 e. The van der Waals surface area contributed by atoms with Gasteiger partial charge in [-0.05, 0) is 53.0 Å². The second kappa shape index (κ2) is 6.03. The molecule has 1 N–H and O–H groups in total. The number of halogens is 1. The first kappa shape index (κ1) is 13.1. The molecule has 0 saturated heterocycles. The van der Waals surface area contributed by atoms with Gasteiger partial charge in [-0.1, -0.05) is 0 Å². The van der Waals surface area contributed by atoms with E-state index in [1.165, 1.54) is 17.7 Å². The molecule has 3 nitrogen and oxygen atoms in total. The molecule has 0 aromatic carbocycles. The van der Waals surface area contributed by atoms with Gasteiger partial charge in [-0.3, -0.25) is 4.98 Å². The Labute approximate surface area is 125 Å². The fraction of sp³-hybridized carbons (Fsp3) is 0.357. The molecule has 1 fully saturated rings. The average Bonchev–Trinajstić information content (AvgIpc) is 3.17. The van der Waals surface area contributed by atoms with Gasteiger partial charge < -0.3 is 10.1 Å². The lowest BCUT2D eigenvalue weighted by Crippen LogP contribution is -2.16. The van der Waals surface area contributed by atoms with Crippen LogP contribution >= 0.6 is 27.3 Å². The highest BCUT2D eigenvalue weighted by Gasteiger charge is 2.19. The SMILES string of the molecule is Brc1ccc(COc2ccc(CNC3CC3)nc2)s1. The fourth-order valence-corrected chi connectivity index (χ4v) is 3.12. The number of nitrogens with one attached hydrogen (secondary N) is 1. The van der Waals surface area contributed by atoms with E-state index in [1.54, 1.807) is 17.5 Å². The molecule has 1 aliphatic rings. The summed E-state index contributed by atoms with van der Waals surface area (Å²) in [6, 6.07) is 8.83. The average molecular weight is 339 g/mol. The highest BCUT2D eigenvalue weighted by molar-refractivity contribution is 9.11. The molecule has 100 valence electrons. The molecule has 0 amide bonds. The molecule has 1 saturated carbocycles. The highest BCUT2D eigenvalue weighted by Crippen LogP contribution is 2.23. The van der Waals surface area contributed by atoms with Crippen molar-refractivity contribution in [1.29, 1.82) is 0 Å². The summed E-state index contributed by atoms with van der Waals surface area (Å²) in [7, 11) is 0. The largest absolute Gasteiger partial charge is 0.486 e. The molecule has 1 aliphatic carbocycles. The van der Waals surface area contributed by atoms with Crippen LogP contribution in [0.3, 0.4) is 0 Å². The highest BCUT2D eigenvalue weighted by atomic mass is 79.9. The van der Waals surface area contributed by atoms with Gasteiger partial charge in [-0.15, -0.1) is 11.3 Å². The summed E-state index contributed by atoms with van der Waals surface area (Å²) in [6.07, 6.45) is 4.40. The normalized spacial score (nSPS) is 14.6. The topological polar surface area (TPSA) is 34.1 Å². The molecular formula is C14H15BrN2OS. The van der Waals surface area contributed by atoms with E-state index in [4.69, 9.17) is 4.74 Å². The third-order valence-corrected chi connectivity index (χ3v) is 4.55. The van der Waals surface area contributed by atoms with Crippen LogP contribution in [0.2, 0.25) is 0 Å². The van der Waals surface area contributed by atoms with Gasteiger partial charge in [-0.25, -0.2) is 0 Å². The van der Waals surface area contributed by atoms with Gasteiger partial charge >= 0.3 is 0 Å². The summed E-state index contributed by atoms with van der Waals surface area (Å²) >= 11 is 5.14. The van der Waals surface area contributed by atoms with Crippen LogP contribution in [-0.4, -0.2) is 11.0 Å². The standard InChI is InChI=1S/C14H15BrN2OS/c15-14-6-5-13(19-14)9-18-12-4-3-11(17-8-12)7-16-10-1-2-10/h3-6,8,10,16H,1-2,7,9H2. The smallest absolute Gasteiger partial charge is 0.138 e. The Morgan fingerprint density at radius 3 is 2.84 bits per heavy atom. The minimum absolute atomic E-state index is 0.595. The molecule has 0 bridgehead atoms. The van der Waals surface area contributed by atoms with Gasteiger partial charge in [0, 0.05) is 17.5 Å². The molecule has 0 unspecified atom stereocenters. The third kappa shape index (κ3) is 4.03. The molecule has 0 spiro atoms. The van der Waals surface area contributed by atoms with Crippen LogP contribution in [0.15, 0.2) is 34.2 Å². The van der Waals surface area contributed by atoms with Crippen LogP contribution in [0.4, 0.5) is 0 Å². The molecule has 5 heteroatoms. The van der Waals surface area contributed by atoms with Crippen LogP contribution < -0.4 is 10.1 Å². The van der Waals surface area contributed by atoms with Crippen molar-refractivity contribution < 1.29 is 4.74 Å². The van der Waals surface area contributed by atoms with Crippen LogP contribution in [0.25, 0.3) is 0 Å². The number of aromatic nitrogens is 1. The van der Waals surface area contributed by atoms with Gasteiger partial charge in [0.2, 0.25) is 0 Å². The summed E-state index contributed by atoms with van der Waals surface area (Å²) in [5.41, 5.74) is 1.07. The lowest BCUT2D eigenvalue weighted by Gasteiger charge is -2.06. The van der Waals surface area contributed by atoms with Crippen LogP contribution in [0.1, 0.15) is 23.4 Å². The van der Waals surface area contributed by atoms with Crippen LogP contribution in [-0.2, 0) is 13.2 Å². The van der Waals surface area contributed by atoms with E-state index in [-0.39, 0.29) is 0 Å². The second-order valence-electron chi connectivity index (χ2n) is 4.63. The van der Waals surface area contributed by atoms with E-state index in [1.807, 2.05) is 18.2 Å². The van der Waals surface area contributed by atoms with Gasteiger partial charge in [-0.2, -0.15) is 0 Å². The minimum atomic E-state index is 0.595. The molecule has 3 rings (SSSR count). The lowest BCUT2D eigenvalue weighted by atomic mass is 10.3. The Kier molecular flexibility index (Phi) is 4.15. The molecule has 2 heterocycles. The Balaban J connectivity index is 1.50. The van der Waals surface area contributed by atoms with Crippen molar-refractivity contribution >= 4 is 27.3 Å². The van der Waals surface area contributed by atoms with Gasteiger partial charge in [0.15, 0.2) is 0 Å². The van der Waals surface area contributed by atoms with Crippen molar-refractivity contribution in [3.8, 4) is 5.75 Å². The van der Waals surface area contributed by atoms with Crippen molar-refractivity contribution in [3.63, 3.8) is 0 Å². The van der Waals surface area contributed by atoms with Crippen LogP contribution in [0.5, 0.6) is 5.75 Å². The van der Waals surface area contributed by atoms with Crippen molar-refractivity contribution in [3.05, 3.63) is 44.8 Å². The predicted molar refractivity (Wildman–Crippen MR) is 80.4 cm³/mol. The van der Waals surface area contributed by atoms with E-state index in [9.17, 15) is 0 Å². The van der Waals surface area contributed by atoms with Crippen molar-refractivity contribution in [2.45, 2.75) is 32.0 Å². The first-order valence-corrected chi connectivity index (χ1v) is 7.96. The molecule has 0 radical (unpaired) electrons. The number of hydrogen-bond donors (Lipinski definition) is 1. The maximum absolute atomic E-state index is 5.70. The van der Waals surface area contributed by atoms with E-state index in [2.05, 4.69) is 32.3 Å². The van der Waals surface area contributed by atoms with Gasteiger partial charge in [0.1, 0.15) is 12.4 Å². The van der Waals surface area contributed by atoms with Crippen molar-refractivity contribution in [2.24, 2.45) is 0 Å². The first-order chi connectivity index (χ1) is 9.29. The molecule has 2 aromatic heterocycles. The van der Waals surface area contributed by atoms with E-state index >= 15 is 0 Å². The Hall–Kier alpha value is -0.910. The minimum Gasteiger partial charge on any atom is -0.486 e. The Morgan fingerprint density at radius 2 is 2.21 bits per heavy atom. The van der Waals surface area contributed by atoms with E-state index < -0.39 is 0 Å². The molecule has 0 atom stereocenters. The number of hydrogen-bond acceptors (Lipinski definition) is 4. The quantitative estimate of drug-likeness (QED) is 0.871. The zero-order valence-corrected chi connectivity index (χ0v) is 12.8. The summed E-state index contributed by atoms with van der Waals surface area (Å²) in [5.74, 6) is 0.819. The zero-order chi connectivity index (χ0) is 13.1. The zero-order valence-electron chi connectivity index (χ0n) is 10.4. The summed E-state index contributed by atoms with van der Waals surface area (Å²) in [5, 5.41) is 3.45. The van der Waals surface area contributed by atoms with E-state index in [0.29, 0.717) is 6.61 Å². The lowest BCUT2D eigenvalue weighted by molar-refractivity contribution is 0.308. The van der Waals surface area contributed by atoms with Gasteiger partial charge in [0.05, 0.1) is 15.7 Å². The number of pyridine rings is 1. The second-order valence-corrected chi connectivity index (χ2v) is 7.18. The number of rotatable bonds is 6. The van der Waals surface area contributed by atoms with Crippen molar-refractivity contribution in [2.75, 3.05) is 0 Å². The van der Waals surface area contributed by atoms with Crippen molar-refractivity contribution in [1.82, 2.24) is 10.3 Å². The fourth-order valence-electron chi connectivity index (χ4n) is 1.72. The summed E-state index contributed by atoms with van der Waals surface area (Å²) < 4.78 is 6.84. The van der Waals surface area contributed by atoms with E-state index in [0.717, 1.165) is 27.8 Å². The number of thiophene rings is 1. The molecule has 2 aromatic rings. The summed E-state index contributed by atoms with van der Waals surface area (Å²) in [6.45, 7) is 1.44. The van der Waals surface area contributed by atoms with Crippen LogP contribution in [0, 0.1) is 0 Å². The Morgan fingerprint density at radius 1 is 1.32 bits per heavy atom.